The van der Waals surface area contributed by atoms with Crippen molar-refractivity contribution in [2.24, 2.45) is 0 Å². The average molecular weight is 546 g/mol. The molecule has 1 atom stereocenters. The average Bonchev–Trinajstić information content (AvgIpc) is 2.87. The summed E-state index contributed by atoms with van der Waals surface area (Å²) in [7, 11) is 0. The molecule has 0 bridgehead atoms. The number of ether oxygens (including phenoxy) is 2. The lowest BCUT2D eigenvalue weighted by Crippen LogP contribution is -2.27. The summed E-state index contributed by atoms with van der Waals surface area (Å²) in [4.78, 5) is 24.5. The Bertz CT molecular complexity index is 1340. The molecule has 0 aliphatic heterocycles. The molecule has 1 amide bonds. The molecule has 3 aromatic carbocycles. The van der Waals surface area contributed by atoms with Gasteiger partial charge in [-0.15, -0.1) is 0 Å². The number of amides is 1. The molecular weight excluding hydrogens is 514 g/mol. The van der Waals surface area contributed by atoms with Gasteiger partial charge < -0.3 is 14.8 Å². The predicted molar refractivity (Wildman–Crippen MR) is 139 cm³/mol. The van der Waals surface area contributed by atoms with Crippen LogP contribution in [-0.4, -0.2) is 18.5 Å². The third-order valence-electron chi connectivity index (χ3n) is 6.24. The number of carbonyl (C=O) groups excluding carboxylic acids is 2. The number of hydrogen-bond donors (Lipinski definition) is 1. The molecule has 1 unspecified atom stereocenters. The van der Waals surface area contributed by atoms with Crippen LogP contribution in [0.15, 0.2) is 54.6 Å². The van der Waals surface area contributed by atoms with Gasteiger partial charge in [0.15, 0.2) is 0 Å². The van der Waals surface area contributed by atoms with Gasteiger partial charge in [0.25, 0.3) is 5.91 Å². The van der Waals surface area contributed by atoms with E-state index >= 15 is 0 Å². The number of esters is 1. The van der Waals surface area contributed by atoms with Gasteiger partial charge in [0.2, 0.25) is 0 Å². The molecule has 5 nitrogen and oxygen atoms in total. The fourth-order valence-corrected chi connectivity index (χ4v) is 4.19. The van der Waals surface area contributed by atoms with Gasteiger partial charge >= 0.3 is 12.1 Å². The number of carbonyl (C=O) groups is 2. The Hall–Kier alpha value is -3.88. The second-order valence-electron chi connectivity index (χ2n) is 9.13. The van der Waals surface area contributed by atoms with Crippen molar-refractivity contribution in [1.29, 1.82) is 0 Å². The lowest BCUT2D eigenvalue weighted by Gasteiger charge is -2.18. The van der Waals surface area contributed by atoms with Crippen LogP contribution in [0.25, 0.3) is 0 Å². The van der Waals surface area contributed by atoms with Crippen molar-refractivity contribution < 1.29 is 36.6 Å². The van der Waals surface area contributed by atoms with Crippen LogP contribution in [0.2, 0.25) is 0 Å². The van der Waals surface area contributed by atoms with E-state index in [1.165, 1.54) is 19.1 Å². The highest BCUT2D eigenvalue weighted by molar-refractivity contribution is 5.96. The number of halogens is 4. The Morgan fingerprint density at radius 3 is 2.33 bits per heavy atom. The number of aryl methyl sites for hydroxylation is 3. The van der Waals surface area contributed by atoms with E-state index in [0.29, 0.717) is 30.8 Å². The molecule has 0 aliphatic rings. The van der Waals surface area contributed by atoms with Crippen molar-refractivity contribution in [2.45, 2.75) is 59.2 Å². The van der Waals surface area contributed by atoms with Crippen LogP contribution >= 0.6 is 0 Å². The summed E-state index contributed by atoms with van der Waals surface area (Å²) in [5, 5.41) is 2.71. The van der Waals surface area contributed by atoms with Crippen LogP contribution in [0.5, 0.6) is 11.5 Å². The first-order valence-corrected chi connectivity index (χ1v) is 12.7. The third-order valence-corrected chi connectivity index (χ3v) is 6.24. The molecule has 3 aromatic rings. The van der Waals surface area contributed by atoms with Crippen LogP contribution < -0.4 is 10.1 Å². The normalized spacial score (nSPS) is 12.1. The van der Waals surface area contributed by atoms with Gasteiger partial charge in [0.1, 0.15) is 17.3 Å². The Labute approximate surface area is 225 Å². The fourth-order valence-electron chi connectivity index (χ4n) is 4.19. The minimum Gasteiger partial charge on any atom is -0.466 e. The Balaban J connectivity index is 1.73. The van der Waals surface area contributed by atoms with Gasteiger partial charge in [0.05, 0.1) is 18.2 Å². The molecule has 0 heterocycles. The molecule has 3 rings (SSSR count). The second-order valence-corrected chi connectivity index (χ2v) is 9.13. The van der Waals surface area contributed by atoms with Gasteiger partial charge in [-0.2, -0.15) is 13.2 Å². The molecule has 0 radical (unpaired) electrons. The standard InChI is InChI=1S/C30H31F4NO4/c1-5-20-15-25(10-7-21(20)8-12-28(36)38-6-2)39-26-16-22(14-24(31)17-26)19(4)35-29(37)27-11-9-23(13-18(27)3)30(32,33)34/h7,9-11,13-17,19H,5-6,8,12H2,1-4H3,(H,35,37). The van der Waals surface area contributed by atoms with E-state index < -0.39 is 29.5 Å². The maximum absolute atomic E-state index is 14.5. The predicted octanol–water partition coefficient (Wildman–Crippen LogP) is 7.49. The number of benzene rings is 3. The van der Waals surface area contributed by atoms with E-state index in [-0.39, 0.29) is 29.3 Å². The lowest BCUT2D eigenvalue weighted by molar-refractivity contribution is -0.143. The van der Waals surface area contributed by atoms with Gasteiger partial charge in [0, 0.05) is 18.1 Å². The highest BCUT2D eigenvalue weighted by Crippen LogP contribution is 2.31. The van der Waals surface area contributed by atoms with Crippen LogP contribution in [-0.2, 0) is 28.5 Å². The van der Waals surface area contributed by atoms with Gasteiger partial charge in [-0.05, 0) is 98.3 Å². The zero-order valence-corrected chi connectivity index (χ0v) is 22.2. The van der Waals surface area contributed by atoms with Crippen LogP contribution in [0, 0.1) is 12.7 Å². The van der Waals surface area contributed by atoms with Crippen molar-refractivity contribution >= 4 is 11.9 Å². The first-order chi connectivity index (χ1) is 18.4. The van der Waals surface area contributed by atoms with Crippen molar-refractivity contribution in [3.8, 4) is 11.5 Å². The van der Waals surface area contributed by atoms with E-state index in [2.05, 4.69) is 5.32 Å². The van der Waals surface area contributed by atoms with E-state index in [1.807, 2.05) is 19.1 Å². The summed E-state index contributed by atoms with van der Waals surface area (Å²) >= 11 is 0. The number of alkyl halides is 3. The van der Waals surface area contributed by atoms with Crippen LogP contribution in [0.1, 0.15) is 71.4 Å². The Morgan fingerprint density at radius 2 is 1.69 bits per heavy atom. The van der Waals surface area contributed by atoms with Crippen molar-refractivity contribution in [1.82, 2.24) is 5.32 Å². The Kier molecular flexibility index (Phi) is 9.72. The van der Waals surface area contributed by atoms with Crippen molar-refractivity contribution in [2.75, 3.05) is 6.61 Å². The minimum absolute atomic E-state index is 0.0952. The van der Waals surface area contributed by atoms with Crippen molar-refractivity contribution in [3.63, 3.8) is 0 Å². The van der Waals surface area contributed by atoms with Gasteiger partial charge in [-0.1, -0.05) is 13.0 Å². The SMILES string of the molecule is CCOC(=O)CCc1ccc(Oc2cc(F)cc(C(C)NC(=O)c3ccc(C(F)(F)F)cc3C)c2)cc1CC. The highest BCUT2D eigenvalue weighted by Gasteiger charge is 2.31. The summed E-state index contributed by atoms with van der Waals surface area (Å²) in [6.45, 7) is 7.14. The lowest BCUT2D eigenvalue weighted by atomic mass is 10.0. The van der Waals surface area contributed by atoms with E-state index in [0.717, 1.165) is 29.3 Å². The maximum Gasteiger partial charge on any atom is 0.416 e. The quantitative estimate of drug-likeness (QED) is 0.212. The molecule has 1 N–H and O–H groups in total. The monoisotopic (exact) mass is 545 g/mol. The fraction of sp³-hybridized carbons (Fsp3) is 0.333. The molecule has 208 valence electrons. The number of hydrogen-bond acceptors (Lipinski definition) is 4. The number of rotatable bonds is 10. The molecule has 0 spiro atoms. The summed E-state index contributed by atoms with van der Waals surface area (Å²) in [6, 6.07) is 11.7. The molecule has 9 heteroatoms. The summed E-state index contributed by atoms with van der Waals surface area (Å²) in [5.41, 5.74) is 1.83. The van der Waals surface area contributed by atoms with E-state index in [9.17, 15) is 27.2 Å². The molecule has 0 fully saturated rings. The zero-order chi connectivity index (χ0) is 28.7. The minimum atomic E-state index is -4.51. The molecule has 0 saturated heterocycles. The van der Waals surface area contributed by atoms with Crippen molar-refractivity contribution in [3.05, 3.63) is 93.8 Å². The van der Waals surface area contributed by atoms with Crippen LogP contribution in [0.3, 0.4) is 0 Å². The summed E-state index contributed by atoms with van der Waals surface area (Å²) in [5.74, 6) is -0.706. The topological polar surface area (TPSA) is 64.6 Å². The number of nitrogens with one attached hydrogen (secondary N) is 1. The summed E-state index contributed by atoms with van der Waals surface area (Å²) in [6.07, 6.45) is -3.01. The third kappa shape index (κ3) is 8.05. The molecule has 39 heavy (non-hydrogen) atoms. The molecular formula is C30H31F4NO4. The van der Waals surface area contributed by atoms with Crippen LogP contribution in [0.4, 0.5) is 17.6 Å². The van der Waals surface area contributed by atoms with E-state index in [1.54, 1.807) is 26.0 Å². The Morgan fingerprint density at radius 1 is 0.949 bits per heavy atom. The van der Waals surface area contributed by atoms with E-state index in [4.69, 9.17) is 9.47 Å². The maximum atomic E-state index is 14.5. The molecule has 0 aliphatic carbocycles. The largest absolute Gasteiger partial charge is 0.466 e. The first kappa shape index (κ1) is 29.7. The highest BCUT2D eigenvalue weighted by atomic mass is 19.4. The van der Waals surface area contributed by atoms with Gasteiger partial charge in [-0.3, -0.25) is 9.59 Å². The second kappa shape index (κ2) is 12.8. The summed E-state index contributed by atoms with van der Waals surface area (Å²) < 4.78 is 64.2. The smallest absolute Gasteiger partial charge is 0.416 e. The molecule has 0 saturated carbocycles. The van der Waals surface area contributed by atoms with Gasteiger partial charge in [-0.25, -0.2) is 4.39 Å². The first-order valence-electron chi connectivity index (χ1n) is 12.7. The zero-order valence-electron chi connectivity index (χ0n) is 22.2. The molecule has 0 aromatic heterocycles.